The molecule has 0 aliphatic heterocycles. The Hall–Kier alpha value is -0.240. The highest BCUT2D eigenvalue weighted by atomic mass is 35.5. The molecule has 2 nitrogen and oxygen atoms in total. The number of rotatable bonds is 8. The Morgan fingerprint density at radius 1 is 1.23 bits per heavy atom. The van der Waals surface area contributed by atoms with Gasteiger partial charge in [-0.05, 0) is 19.3 Å². The molecule has 0 aromatic rings. The van der Waals surface area contributed by atoms with E-state index in [1.807, 2.05) is 0 Å². The minimum atomic E-state index is -0.0666. The Balaban J connectivity index is 3.11. The highest BCUT2D eigenvalue weighted by Crippen LogP contribution is 2.02. The summed E-state index contributed by atoms with van der Waals surface area (Å²) in [6.07, 6.45) is 5.49. The van der Waals surface area contributed by atoms with E-state index in [0.717, 1.165) is 32.1 Å². The van der Waals surface area contributed by atoms with Crippen LogP contribution in [0.1, 0.15) is 45.4 Å². The topological polar surface area (TPSA) is 26.3 Å². The Bertz CT molecular complexity index is 126. The van der Waals surface area contributed by atoms with Crippen LogP contribution in [-0.2, 0) is 9.53 Å². The zero-order valence-corrected chi connectivity index (χ0v) is 9.11. The van der Waals surface area contributed by atoms with Gasteiger partial charge >= 0.3 is 5.97 Å². The molecule has 0 N–H and O–H groups in total. The first-order chi connectivity index (χ1) is 6.31. The van der Waals surface area contributed by atoms with Gasteiger partial charge in [-0.3, -0.25) is 4.79 Å². The van der Waals surface area contributed by atoms with Crippen molar-refractivity contribution < 1.29 is 9.53 Å². The minimum absolute atomic E-state index is 0.0666. The zero-order valence-electron chi connectivity index (χ0n) is 8.35. The van der Waals surface area contributed by atoms with Crippen molar-refractivity contribution in [1.29, 1.82) is 0 Å². The Kier molecular flexibility index (Phi) is 9.66. The number of ether oxygens (including phenoxy) is 1. The number of carbonyl (C=O) groups is 1. The molecule has 0 bridgehead atoms. The van der Waals surface area contributed by atoms with E-state index in [0.29, 0.717) is 18.9 Å². The average Bonchev–Trinajstić information content (AvgIpc) is 2.13. The van der Waals surface area contributed by atoms with Gasteiger partial charge in [-0.25, -0.2) is 0 Å². The third-order valence-corrected chi connectivity index (χ3v) is 2.04. The van der Waals surface area contributed by atoms with Crippen LogP contribution < -0.4 is 0 Å². The number of hydrogen-bond donors (Lipinski definition) is 0. The van der Waals surface area contributed by atoms with E-state index in [2.05, 4.69) is 6.92 Å². The molecule has 78 valence electrons. The van der Waals surface area contributed by atoms with Crippen molar-refractivity contribution in [3.63, 3.8) is 0 Å². The van der Waals surface area contributed by atoms with Crippen LogP contribution in [0.2, 0.25) is 0 Å². The molecule has 0 fully saturated rings. The quantitative estimate of drug-likeness (QED) is 0.347. The summed E-state index contributed by atoms with van der Waals surface area (Å²) in [5.41, 5.74) is 0. The maximum atomic E-state index is 11.0. The van der Waals surface area contributed by atoms with Crippen molar-refractivity contribution in [2.24, 2.45) is 0 Å². The summed E-state index contributed by atoms with van der Waals surface area (Å²) < 4.78 is 4.99. The molecule has 0 aromatic carbocycles. The van der Waals surface area contributed by atoms with E-state index >= 15 is 0 Å². The van der Waals surface area contributed by atoms with Crippen LogP contribution in [0, 0.1) is 0 Å². The van der Waals surface area contributed by atoms with E-state index in [1.54, 1.807) is 0 Å². The minimum Gasteiger partial charge on any atom is -0.466 e. The first-order valence-electron chi connectivity index (χ1n) is 5.02. The van der Waals surface area contributed by atoms with Crippen LogP contribution in [0.15, 0.2) is 0 Å². The van der Waals surface area contributed by atoms with Gasteiger partial charge in [0.1, 0.15) is 0 Å². The molecule has 3 heteroatoms. The van der Waals surface area contributed by atoms with Gasteiger partial charge < -0.3 is 4.74 Å². The SMILES string of the molecule is CCCCOC(=O)CCCCCCl. The lowest BCUT2D eigenvalue weighted by molar-refractivity contribution is -0.143. The standard InChI is InChI=1S/C10H19ClO2/c1-2-3-9-13-10(12)7-5-4-6-8-11/h2-9H2,1H3. The van der Waals surface area contributed by atoms with Crippen LogP contribution in [0.25, 0.3) is 0 Å². The first-order valence-corrected chi connectivity index (χ1v) is 5.56. The van der Waals surface area contributed by atoms with Gasteiger partial charge in [0.25, 0.3) is 0 Å². The Morgan fingerprint density at radius 2 is 2.00 bits per heavy atom. The van der Waals surface area contributed by atoms with Gasteiger partial charge in [-0.2, -0.15) is 0 Å². The van der Waals surface area contributed by atoms with Crippen LogP contribution >= 0.6 is 11.6 Å². The summed E-state index contributed by atoms with van der Waals surface area (Å²) in [5, 5.41) is 0. The third kappa shape index (κ3) is 9.68. The van der Waals surface area contributed by atoms with Crippen LogP contribution in [0.4, 0.5) is 0 Å². The Labute approximate surface area is 85.6 Å². The maximum absolute atomic E-state index is 11.0. The second-order valence-electron chi connectivity index (χ2n) is 3.07. The molecule has 0 aliphatic rings. The van der Waals surface area contributed by atoms with E-state index < -0.39 is 0 Å². The summed E-state index contributed by atoms with van der Waals surface area (Å²) in [5.74, 6) is 0.619. The lowest BCUT2D eigenvalue weighted by Gasteiger charge is -2.02. The largest absolute Gasteiger partial charge is 0.466 e. The fourth-order valence-corrected chi connectivity index (χ4v) is 1.13. The summed E-state index contributed by atoms with van der Waals surface area (Å²) in [6, 6.07) is 0. The molecule has 0 atom stereocenters. The molecule has 0 unspecified atom stereocenters. The fraction of sp³-hybridized carbons (Fsp3) is 0.900. The third-order valence-electron chi connectivity index (χ3n) is 1.78. The van der Waals surface area contributed by atoms with Crippen molar-refractivity contribution in [1.82, 2.24) is 0 Å². The lowest BCUT2D eigenvalue weighted by atomic mass is 10.2. The molecule has 0 saturated carbocycles. The molecule has 13 heavy (non-hydrogen) atoms. The van der Waals surface area contributed by atoms with Crippen molar-refractivity contribution in [3.8, 4) is 0 Å². The average molecular weight is 207 g/mol. The highest BCUT2D eigenvalue weighted by Gasteiger charge is 2.00. The van der Waals surface area contributed by atoms with Crippen LogP contribution in [0.3, 0.4) is 0 Å². The van der Waals surface area contributed by atoms with Crippen LogP contribution in [0.5, 0.6) is 0 Å². The van der Waals surface area contributed by atoms with Crippen molar-refractivity contribution >= 4 is 17.6 Å². The predicted octanol–water partition coefficient (Wildman–Crippen LogP) is 3.13. The molecule has 0 aromatic heterocycles. The van der Waals surface area contributed by atoms with Gasteiger partial charge in [-0.15, -0.1) is 11.6 Å². The summed E-state index contributed by atoms with van der Waals surface area (Å²) in [6.45, 7) is 2.65. The predicted molar refractivity (Wildman–Crippen MR) is 55.1 cm³/mol. The molecule has 0 aliphatic carbocycles. The normalized spacial score (nSPS) is 10.0. The Morgan fingerprint density at radius 3 is 2.62 bits per heavy atom. The number of halogens is 1. The van der Waals surface area contributed by atoms with Gasteiger partial charge in [-0.1, -0.05) is 19.8 Å². The van der Waals surface area contributed by atoms with Crippen LogP contribution in [-0.4, -0.2) is 18.5 Å². The number of unbranched alkanes of at least 4 members (excludes halogenated alkanes) is 3. The maximum Gasteiger partial charge on any atom is 0.305 e. The summed E-state index contributed by atoms with van der Waals surface area (Å²) >= 11 is 5.50. The van der Waals surface area contributed by atoms with E-state index in [1.165, 1.54) is 0 Å². The lowest BCUT2D eigenvalue weighted by Crippen LogP contribution is -2.05. The molecule has 0 radical (unpaired) electrons. The number of alkyl halides is 1. The molecular weight excluding hydrogens is 188 g/mol. The summed E-state index contributed by atoms with van der Waals surface area (Å²) in [4.78, 5) is 11.0. The molecule has 0 rings (SSSR count). The monoisotopic (exact) mass is 206 g/mol. The van der Waals surface area contributed by atoms with Gasteiger partial charge in [0.15, 0.2) is 0 Å². The van der Waals surface area contributed by atoms with Crippen molar-refractivity contribution in [2.45, 2.75) is 45.4 Å². The molecular formula is C10H19ClO2. The molecule has 0 amide bonds. The highest BCUT2D eigenvalue weighted by molar-refractivity contribution is 6.17. The van der Waals surface area contributed by atoms with Gasteiger partial charge in [0.05, 0.1) is 6.61 Å². The van der Waals surface area contributed by atoms with E-state index in [4.69, 9.17) is 16.3 Å². The molecule has 0 saturated heterocycles. The second-order valence-corrected chi connectivity index (χ2v) is 3.45. The fourth-order valence-electron chi connectivity index (χ4n) is 0.943. The van der Waals surface area contributed by atoms with Crippen molar-refractivity contribution in [2.75, 3.05) is 12.5 Å². The van der Waals surface area contributed by atoms with Gasteiger partial charge in [0.2, 0.25) is 0 Å². The van der Waals surface area contributed by atoms with Crippen molar-refractivity contribution in [3.05, 3.63) is 0 Å². The van der Waals surface area contributed by atoms with E-state index in [9.17, 15) is 4.79 Å². The van der Waals surface area contributed by atoms with Gasteiger partial charge in [0, 0.05) is 12.3 Å². The first kappa shape index (κ1) is 12.8. The van der Waals surface area contributed by atoms with E-state index in [-0.39, 0.29) is 5.97 Å². The number of carbonyl (C=O) groups excluding carboxylic acids is 1. The molecule has 0 spiro atoms. The number of esters is 1. The zero-order chi connectivity index (χ0) is 9.94. The number of hydrogen-bond acceptors (Lipinski definition) is 2. The second kappa shape index (κ2) is 9.85. The summed E-state index contributed by atoms with van der Waals surface area (Å²) in [7, 11) is 0. The molecule has 0 heterocycles. The smallest absolute Gasteiger partial charge is 0.305 e.